The van der Waals surface area contributed by atoms with Gasteiger partial charge >= 0.3 is 6.16 Å². The second kappa shape index (κ2) is 5.95. The molecule has 13 heavy (non-hydrogen) atoms. The van der Waals surface area contributed by atoms with Crippen molar-refractivity contribution in [3.05, 3.63) is 0 Å². The monoisotopic (exact) mass is 206 g/mol. The zero-order valence-corrected chi connectivity index (χ0v) is 9.65. The number of rotatable bonds is 6. The minimum atomic E-state index is -0.607. The van der Waals surface area contributed by atoms with Crippen molar-refractivity contribution in [1.82, 2.24) is 0 Å². The molecule has 1 heterocycles. The number of hydrogen-bond acceptors (Lipinski definition) is 5. The van der Waals surface area contributed by atoms with Gasteiger partial charge in [0, 0.05) is 16.5 Å². The Balaban J connectivity index is 1.91. The van der Waals surface area contributed by atoms with Crippen LogP contribution in [-0.2, 0) is 18.9 Å². The van der Waals surface area contributed by atoms with E-state index in [1.54, 1.807) is 0 Å². The van der Waals surface area contributed by atoms with Gasteiger partial charge in [-0.05, 0) is 0 Å². The number of hydrogen-bond donors (Lipinski definition) is 0. The van der Waals surface area contributed by atoms with E-state index in [1.165, 1.54) is 0 Å². The molecule has 1 rings (SSSR count). The van der Waals surface area contributed by atoms with Gasteiger partial charge in [0.05, 0.1) is 19.8 Å². The van der Waals surface area contributed by atoms with E-state index in [0.717, 1.165) is 16.5 Å². The van der Waals surface area contributed by atoms with Crippen molar-refractivity contribution in [2.45, 2.75) is 6.10 Å². The molecule has 76 valence electrons. The summed E-state index contributed by atoms with van der Waals surface area (Å²) in [5.74, 6) is 0. The Morgan fingerprint density at radius 1 is 1.46 bits per heavy atom. The highest BCUT2D eigenvalue weighted by molar-refractivity contribution is 6.08. The predicted molar refractivity (Wildman–Crippen MR) is 47.8 cm³/mol. The van der Waals surface area contributed by atoms with Crippen LogP contribution in [0.15, 0.2) is 0 Å². The van der Waals surface area contributed by atoms with Crippen LogP contribution in [0, 0.1) is 0 Å². The molecule has 0 N–H and O–H groups in total. The van der Waals surface area contributed by atoms with E-state index < -0.39 is 6.16 Å². The van der Waals surface area contributed by atoms with Crippen molar-refractivity contribution >= 4 is 16.4 Å². The third-order valence-electron chi connectivity index (χ3n) is 1.53. The largest absolute Gasteiger partial charge is 0.508 e. The standard InChI is InChI=1S/C7H14O5Si/c8-7-11-4-6(12-7)3-9-1-2-10-5-13/h6H,1-5H2,13H3. The van der Waals surface area contributed by atoms with E-state index in [0.29, 0.717) is 26.4 Å². The summed E-state index contributed by atoms with van der Waals surface area (Å²) in [6.07, 6.45) is -0.0295. The van der Waals surface area contributed by atoms with Crippen LogP contribution in [0.1, 0.15) is 0 Å². The first kappa shape index (κ1) is 10.5. The highest BCUT2D eigenvalue weighted by Crippen LogP contribution is 2.05. The molecule has 0 aliphatic carbocycles. The number of carbonyl (C=O) groups excluding carboxylic acids is 1. The van der Waals surface area contributed by atoms with Gasteiger partial charge in [-0.25, -0.2) is 4.79 Å². The van der Waals surface area contributed by atoms with E-state index in [9.17, 15) is 4.79 Å². The predicted octanol–water partition coefficient (Wildman–Crippen LogP) is -1.12. The maximum atomic E-state index is 10.5. The molecule has 1 aliphatic heterocycles. The molecular formula is C7H14O5Si. The summed E-state index contributed by atoms with van der Waals surface area (Å²) in [7, 11) is 1.05. The number of cyclic esters (lactones) is 2. The highest BCUT2D eigenvalue weighted by Gasteiger charge is 2.24. The van der Waals surface area contributed by atoms with Crippen molar-refractivity contribution < 1.29 is 23.7 Å². The van der Waals surface area contributed by atoms with Crippen molar-refractivity contribution in [1.29, 1.82) is 0 Å². The lowest BCUT2D eigenvalue weighted by Gasteiger charge is -2.07. The molecule has 1 aliphatic rings. The molecule has 1 fully saturated rings. The van der Waals surface area contributed by atoms with Gasteiger partial charge in [-0.3, -0.25) is 0 Å². The smallest absolute Gasteiger partial charge is 0.430 e. The topological polar surface area (TPSA) is 54.0 Å². The molecule has 1 saturated heterocycles. The molecule has 0 amide bonds. The van der Waals surface area contributed by atoms with Gasteiger partial charge in [0.15, 0.2) is 6.10 Å². The lowest BCUT2D eigenvalue weighted by molar-refractivity contribution is 0.0187. The lowest BCUT2D eigenvalue weighted by atomic mass is 10.4. The quantitative estimate of drug-likeness (QED) is 0.313. The fraction of sp³-hybridized carbons (Fsp3) is 0.857. The first-order valence-electron chi connectivity index (χ1n) is 4.32. The Morgan fingerprint density at radius 2 is 2.23 bits per heavy atom. The summed E-state index contributed by atoms with van der Waals surface area (Å²) < 4.78 is 19.6. The molecule has 6 heteroatoms. The Bertz CT molecular complexity index is 163. The third kappa shape index (κ3) is 4.25. The normalized spacial score (nSPS) is 21.5. The zero-order valence-electron chi connectivity index (χ0n) is 7.65. The second-order valence-electron chi connectivity index (χ2n) is 2.57. The minimum absolute atomic E-state index is 0.247. The molecule has 0 aromatic heterocycles. The summed E-state index contributed by atoms with van der Waals surface area (Å²) in [5, 5.41) is 0. The maximum absolute atomic E-state index is 10.5. The van der Waals surface area contributed by atoms with E-state index in [4.69, 9.17) is 14.2 Å². The van der Waals surface area contributed by atoms with Crippen LogP contribution in [-0.4, -0.2) is 55.2 Å². The third-order valence-corrected chi connectivity index (χ3v) is 1.94. The SMILES string of the molecule is O=C1OCC(COCCOC[SiH3])O1. The molecular weight excluding hydrogens is 192 g/mol. The van der Waals surface area contributed by atoms with Crippen molar-refractivity contribution in [2.75, 3.05) is 32.7 Å². The van der Waals surface area contributed by atoms with Crippen LogP contribution < -0.4 is 0 Å². The molecule has 0 aromatic carbocycles. The summed E-state index contributed by atoms with van der Waals surface area (Å²) in [4.78, 5) is 10.5. The van der Waals surface area contributed by atoms with Gasteiger partial charge in [0.2, 0.25) is 0 Å². The Hall–Kier alpha value is -0.593. The summed E-state index contributed by atoms with van der Waals surface area (Å²) in [6.45, 7) is 1.82. The van der Waals surface area contributed by atoms with Gasteiger partial charge in [-0.15, -0.1) is 0 Å². The molecule has 0 aromatic rings. The van der Waals surface area contributed by atoms with Crippen molar-refractivity contribution in [3.8, 4) is 0 Å². The summed E-state index contributed by atoms with van der Waals surface area (Å²) in [5.41, 5.74) is 0. The molecule has 0 bridgehead atoms. The van der Waals surface area contributed by atoms with Crippen LogP contribution in [0.25, 0.3) is 0 Å². The van der Waals surface area contributed by atoms with E-state index in [1.807, 2.05) is 0 Å². The molecule has 1 atom stereocenters. The Morgan fingerprint density at radius 3 is 2.85 bits per heavy atom. The average molecular weight is 206 g/mol. The molecule has 0 saturated carbocycles. The molecule has 0 spiro atoms. The first-order valence-corrected chi connectivity index (χ1v) is 5.73. The lowest BCUT2D eigenvalue weighted by Crippen LogP contribution is -2.19. The van der Waals surface area contributed by atoms with Crippen molar-refractivity contribution in [2.24, 2.45) is 0 Å². The Labute approximate surface area is 79.7 Å². The second-order valence-corrected chi connectivity index (χ2v) is 3.15. The Kier molecular flexibility index (Phi) is 4.80. The minimum Gasteiger partial charge on any atom is -0.430 e. The van der Waals surface area contributed by atoms with Crippen LogP contribution in [0.3, 0.4) is 0 Å². The summed E-state index contributed by atoms with van der Waals surface area (Å²) >= 11 is 0. The molecule has 1 unspecified atom stereocenters. The number of carbonyl (C=O) groups is 1. The molecule has 5 nitrogen and oxygen atoms in total. The van der Waals surface area contributed by atoms with Gasteiger partial charge in [-0.2, -0.15) is 0 Å². The maximum Gasteiger partial charge on any atom is 0.508 e. The molecule has 0 radical (unpaired) electrons. The van der Waals surface area contributed by atoms with Crippen molar-refractivity contribution in [3.63, 3.8) is 0 Å². The fourth-order valence-corrected chi connectivity index (χ4v) is 1.21. The van der Waals surface area contributed by atoms with Crippen LogP contribution >= 0.6 is 0 Å². The highest BCUT2D eigenvalue weighted by atomic mass is 28.1. The van der Waals surface area contributed by atoms with Crippen LogP contribution in [0.2, 0.25) is 0 Å². The average Bonchev–Trinajstić information content (AvgIpc) is 2.51. The van der Waals surface area contributed by atoms with Gasteiger partial charge in [0.1, 0.15) is 6.61 Å². The van der Waals surface area contributed by atoms with Crippen LogP contribution in [0.4, 0.5) is 4.79 Å². The zero-order chi connectivity index (χ0) is 9.52. The van der Waals surface area contributed by atoms with Crippen LogP contribution in [0.5, 0.6) is 0 Å². The van der Waals surface area contributed by atoms with E-state index >= 15 is 0 Å². The van der Waals surface area contributed by atoms with Gasteiger partial charge in [-0.1, -0.05) is 0 Å². The van der Waals surface area contributed by atoms with E-state index in [-0.39, 0.29) is 6.10 Å². The fourth-order valence-electron chi connectivity index (χ4n) is 0.924. The van der Waals surface area contributed by atoms with Gasteiger partial charge < -0.3 is 18.9 Å². The van der Waals surface area contributed by atoms with E-state index in [2.05, 4.69) is 4.74 Å². The first-order chi connectivity index (χ1) is 6.33. The van der Waals surface area contributed by atoms with Gasteiger partial charge in [0.25, 0.3) is 0 Å². The number of ether oxygens (including phenoxy) is 4. The summed E-state index contributed by atoms with van der Waals surface area (Å²) in [6, 6.07) is 0.